The van der Waals surface area contributed by atoms with Gasteiger partial charge in [-0.3, -0.25) is 5.41 Å². The second-order valence-electron chi connectivity index (χ2n) is 5.08. The van der Waals surface area contributed by atoms with Crippen molar-refractivity contribution in [3.05, 3.63) is 58.5 Å². The van der Waals surface area contributed by atoms with Crippen molar-refractivity contribution in [2.24, 2.45) is 0 Å². The highest BCUT2D eigenvalue weighted by Gasteiger charge is 2.18. The van der Waals surface area contributed by atoms with E-state index in [-0.39, 0.29) is 5.49 Å². The number of ether oxygens (including phenoxy) is 1. The Bertz CT molecular complexity index is 1030. The summed E-state index contributed by atoms with van der Waals surface area (Å²) in [6.07, 6.45) is 0. The van der Waals surface area contributed by atoms with Crippen LogP contribution in [0.2, 0.25) is 0 Å². The Labute approximate surface area is 140 Å². The summed E-state index contributed by atoms with van der Waals surface area (Å²) in [5.41, 5.74) is 2.38. The van der Waals surface area contributed by atoms with Gasteiger partial charge in [-0.15, -0.1) is 5.10 Å². The van der Waals surface area contributed by atoms with Crippen molar-refractivity contribution >= 4 is 26.9 Å². The first kappa shape index (κ1) is 14.0. The van der Waals surface area contributed by atoms with Gasteiger partial charge in [0.15, 0.2) is 16.8 Å². The molecule has 0 spiro atoms. The number of para-hydroxylation sites is 1. The van der Waals surface area contributed by atoms with Crippen LogP contribution in [0.25, 0.3) is 28.1 Å². The van der Waals surface area contributed by atoms with Gasteiger partial charge in [0.05, 0.1) is 18.4 Å². The van der Waals surface area contributed by atoms with Gasteiger partial charge in [-0.25, -0.2) is 4.68 Å². The molecule has 114 valence electrons. The van der Waals surface area contributed by atoms with Crippen molar-refractivity contribution in [3.63, 3.8) is 0 Å². The van der Waals surface area contributed by atoms with Crippen LogP contribution in [-0.4, -0.2) is 16.9 Å². The number of hydrogen-bond donors (Lipinski definition) is 1. The number of nitrogens with one attached hydrogen (secondary N) is 1. The van der Waals surface area contributed by atoms with E-state index in [0.717, 1.165) is 15.5 Å². The van der Waals surface area contributed by atoms with Crippen LogP contribution in [-0.2, 0) is 0 Å². The number of aromatic nitrogens is 2. The van der Waals surface area contributed by atoms with Crippen LogP contribution in [0.5, 0.6) is 5.75 Å². The molecule has 0 radical (unpaired) electrons. The third-order valence-electron chi connectivity index (χ3n) is 3.69. The van der Waals surface area contributed by atoms with Crippen molar-refractivity contribution in [1.29, 1.82) is 5.41 Å². The molecule has 2 aromatic carbocycles. The Morgan fingerprint density at radius 3 is 2.70 bits per heavy atom. The molecule has 2 aliphatic heterocycles. The summed E-state index contributed by atoms with van der Waals surface area (Å²) in [5, 5.41) is 13.7. The summed E-state index contributed by atoms with van der Waals surface area (Å²) in [6, 6.07) is 15.2. The average molecular weight is 370 g/mol. The average Bonchev–Trinajstić information content (AvgIpc) is 2.89. The summed E-state index contributed by atoms with van der Waals surface area (Å²) in [7, 11) is 1.60. The molecule has 23 heavy (non-hydrogen) atoms. The standard InChI is InChI=1S/C17H12BrN3O2/c1-22-14-4-2-3-10-9-13-16(19)21(20-17(13)23-15(10)14)12-7-5-11(18)6-8-12/h2-9,19H,1H3. The molecule has 0 saturated carbocycles. The number of fused-ring (bicyclic) bond motifs is 2. The minimum absolute atomic E-state index is 0.288. The third-order valence-corrected chi connectivity index (χ3v) is 4.22. The summed E-state index contributed by atoms with van der Waals surface area (Å²) in [5.74, 6) is 1.06. The molecule has 0 bridgehead atoms. The van der Waals surface area contributed by atoms with E-state index in [9.17, 15) is 0 Å². The van der Waals surface area contributed by atoms with Crippen LogP contribution in [0.3, 0.4) is 0 Å². The van der Waals surface area contributed by atoms with Crippen LogP contribution < -0.4 is 10.2 Å². The molecule has 4 rings (SSSR count). The van der Waals surface area contributed by atoms with Crippen molar-refractivity contribution in [2.45, 2.75) is 0 Å². The number of methoxy groups -OCH3 is 1. The van der Waals surface area contributed by atoms with Crippen molar-refractivity contribution in [2.75, 3.05) is 7.11 Å². The van der Waals surface area contributed by atoms with E-state index in [1.165, 1.54) is 0 Å². The molecular formula is C17H12BrN3O2. The molecule has 0 atom stereocenters. The van der Waals surface area contributed by atoms with Crippen LogP contribution in [0.1, 0.15) is 0 Å². The largest absolute Gasteiger partial charge is 0.493 e. The maximum Gasteiger partial charge on any atom is 0.248 e. The zero-order valence-electron chi connectivity index (χ0n) is 12.2. The van der Waals surface area contributed by atoms with Gasteiger partial charge in [0.1, 0.15) is 0 Å². The molecule has 2 aromatic rings. The Morgan fingerprint density at radius 1 is 1.17 bits per heavy atom. The molecule has 0 amide bonds. The highest BCUT2D eigenvalue weighted by molar-refractivity contribution is 9.10. The maximum absolute atomic E-state index is 8.38. The number of nitrogens with zero attached hydrogens (tertiary/aromatic N) is 2. The second kappa shape index (κ2) is 5.24. The highest BCUT2D eigenvalue weighted by Crippen LogP contribution is 2.31. The first-order valence-corrected chi connectivity index (χ1v) is 7.77. The summed E-state index contributed by atoms with van der Waals surface area (Å²) < 4.78 is 13.8. The van der Waals surface area contributed by atoms with Gasteiger partial charge in [-0.05, 0) is 36.4 Å². The van der Waals surface area contributed by atoms with E-state index >= 15 is 0 Å². The molecule has 2 heterocycles. The maximum atomic E-state index is 8.38. The van der Waals surface area contributed by atoms with Crippen LogP contribution in [0.15, 0.2) is 57.4 Å². The van der Waals surface area contributed by atoms with Gasteiger partial charge < -0.3 is 9.15 Å². The van der Waals surface area contributed by atoms with E-state index < -0.39 is 0 Å². The van der Waals surface area contributed by atoms with Gasteiger partial charge >= 0.3 is 0 Å². The molecule has 0 aromatic heterocycles. The minimum Gasteiger partial charge on any atom is -0.493 e. The molecular weight excluding hydrogens is 358 g/mol. The summed E-state index contributed by atoms with van der Waals surface area (Å²) in [6.45, 7) is 0. The fourth-order valence-corrected chi connectivity index (χ4v) is 2.82. The predicted octanol–water partition coefficient (Wildman–Crippen LogP) is 3.97. The lowest BCUT2D eigenvalue weighted by molar-refractivity contribution is 0.409. The molecule has 1 N–H and O–H groups in total. The van der Waals surface area contributed by atoms with E-state index in [0.29, 0.717) is 22.8 Å². The molecule has 0 unspecified atom stereocenters. The smallest absolute Gasteiger partial charge is 0.248 e. The first-order chi connectivity index (χ1) is 11.2. The zero-order valence-corrected chi connectivity index (χ0v) is 13.8. The van der Waals surface area contributed by atoms with Crippen molar-refractivity contribution in [1.82, 2.24) is 9.78 Å². The monoisotopic (exact) mass is 369 g/mol. The summed E-state index contributed by atoms with van der Waals surface area (Å²) in [4.78, 5) is 0. The first-order valence-electron chi connectivity index (χ1n) is 6.97. The lowest BCUT2D eigenvalue weighted by Gasteiger charge is -2.05. The number of rotatable bonds is 2. The molecule has 6 heteroatoms. The normalized spacial score (nSPS) is 11.2. The molecule has 2 aliphatic rings. The lowest BCUT2D eigenvalue weighted by Crippen LogP contribution is -2.14. The number of hydrogen-bond acceptors (Lipinski definition) is 4. The molecule has 0 fully saturated rings. The topological polar surface area (TPSA) is 64.0 Å². The predicted molar refractivity (Wildman–Crippen MR) is 90.1 cm³/mol. The van der Waals surface area contributed by atoms with Gasteiger partial charge in [0.25, 0.3) is 0 Å². The van der Waals surface area contributed by atoms with E-state index in [1.807, 2.05) is 48.5 Å². The van der Waals surface area contributed by atoms with E-state index in [4.69, 9.17) is 14.6 Å². The molecule has 0 saturated heterocycles. The Morgan fingerprint density at radius 2 is 1.96 bits per heavy atom. The quantitative estimate of drug-likeness (QED) is 0.581. The van der Waals surface area contributed by atoms with Gasteiger partial charge in [-0.2, -0.15) is 0 Å². The SMILES string of the molecule is COc1cccc2cc3c(=N)n(-c4ccc(Br)cc4)nc-3oc12. The highest BCUT2D eigenvalue weighted by atomic mass is 79.9. The lowest BCUT2D eigenvalue weighted by atomic mass is 10.1. The van der Waals surface area contributed by atoms with Crippen LogP contribution >= 0.6 is 15.9 Å². The van der Waals surface area contributed by atoms with Crippen LogP contribution in [0.4, 0.5) is 0 Å². The van der Waals surface area contributed by atoms with E-state index in [1.54, 1.807) is 11.8 Å². The fraction of sp³-hybridized carbons (Fsp3) is 0.0588. The molecule has 0 aliphatic carbocycles. The van der Waals surface area contributed by atoms with Gasteiger partial charge in [0.2, 0.25) is 5.89 Å². The third kappa shape index (κ3) is 2.22. The molecule has 5 nitrogen and oxygen atoms in total. The van der Waals surface area contributed by atoms with Crippen molar-refractivity contribution in [3.8, 4) is 22.9 Å². The fourth-order valence-electron chi connectivity index (χ4n) is 2.55. The summed E-state index contributed by atoms with van der Waals surface area (Å²) >= 11 is 3.41. The van der Waals surface area contributed by atoms with Gasteiger partial charge in [0, 0.05) is 9.86 Å². The Balaban J connectivity index is 2.01. The Hall–Kier alpha value is -2.60. The Kier molecular flexibility index (Phi) is 3.20. The zero-order chi connectivity index (χ0) is 16.0. The van der Waals surface area contributed by atoms with E-state index in [2.05, 4.69) is 21.0 Å². The van der Waals surface area contributed by atoms with Crippen molar-refractivity contribution < 1.29 is 9.15 Å². The van der Waals surface area contributed by atoms with Gasteiger partial charge in [-0.1, -0.05) is 28.1 Å². The number of halogens is 1. The second-order valence-corrected chi connectivity index (χ2v) is 6.00. The number of benzene rings is 2. The van der Waals surface area contributed by atoms with Crippen LogP contribution in [0, 0.1) is 5.41 Å². The minimum atomic E-state index is 0.288.